The lowest BCUT2D eigenvalue weighted by molar-refractivity contribution is -0.120. The molecule has 0 aromatic rings. The maximum Gasteiger partial charge on any atom is 0.234 e. The normalized spacial score (nSPS) is 10.3. The summed E-state index contributed by atoms with van der Waals surface area (Å²) >= 11 is 1.77. The lowest BCUT2D eigenvalue weighted by Crippen LogP contribution is -2.30. The van der Waals surface area contributed by atoms with Crippen molar-refractivity contribution >= 4 is 17.7 Å². The summed E-state index contributed by atoms with van der Waals surface area (Å²) in [7, 11) is 4.07. The third-order valence-corrected chi connectivity index (χ3v) is 2.28. The predicted octanol–water partition coefficient (Wildman–Crippen LogP) is -0.339. The van der Waals surface area contributed by atoms with Crippen LogP contribution in [0.2, 0.25) is 0 Å². The Morgan fingerprint density at radius 3 is 2.67 bits per heavy atom. The van der Waals surface area contributed by atoms with Crippen LogP contribution in [-0.2, 0) is 4.79 Å². The summed E-state index contributed by atoms with van der Waals surface area (Å²) in [6, 6.07) is 0. The van der Waals surface area contributed by atoms with Gasteiger partial charge >= 0.3 is 0 Å². The van der Waals surface area contributed by atoms with Crippen LogP contribution in [0.5, 0.6) is 0 Å². The molecule has 0 saturated carbocycles. The highest BCUT2D eigenvalue weighted by Crippen LogP contribution is 2.01. The minimum absolute atomic E-state index is 0.0904. The lowest BCUT2D eigenvalue weighted by Gasteiger charge is -2.07. The highest BCUT2D eigenvalue weighted by Gasteiger charge is 1.97. The molecule has 0 saturated heterocycles. The molecule has 0 aliphatic heterocycles. The SMILES string of the molecule is CN(C)CCSCCC(=O)NN. The van der Waals surface area contributed by atoms with Crippen LogP contribution in [0.1, 0.15) is 6.42 Å². The number of hydrogen-bond donors (Lipinski definition) is 2. The number of hydrogen-bond acceptors (Lipinski definition) is 4. The zero-order valence-corrected chi connectivity index (χ0v) is 8.49. The van der Waals surface area contributed by atoms with E-state index in [-0.39, 0.29) is 5.91 Å². The Bertz CT molecular complexity index is 130. The molecule has 0 fully saturated rings. The van der Waals surface area contributed by atoms with Crippen LogP contribution >= 0.6 is 11.8 Å². The largest absolute Gasteiger partial charge is 0.309 e. The van der Waals surface area contributed by atoms with Gasteiger partial charge in [-0.05, 0) is 14.1 Å². The maximum atomic E-state index is 10.6. The number of nitrogens with zero attached hydrogens (tertiary/aromatic N) is 1. The standard InChI is InChI=1S/C7H17N3OS/c1-10(2)4-6-12-5-3-7(11)9-8/h3-6,8H2,1-2H3,(H,9,11). The first-order valence-electron chi connectivity index (χ1n) is 3.88. The first kappa shape index (κ1) is 11.7. The zero-order chi connectivity index (χ0) is 9.40. The predicted molar refractivity (Wildman–Crippen MR) is 52.8 cm³/mol. The van der Waals surface area contributed by atoms with Crippen LogP contribution in [0.15, 0.2) is 0 Å². The molecule has 0 aliphatic rings. The molecule has 0 rings (SSSR count). The molecular formula is C7H17N3OS. The highest BCUT2D eigenvalue weighted by atomic mass is 32.2. The van der Waals surface area contributed by atoms with Crippen molar-refractivity contribution in [3.63, 3.8) is 0 Å². The summed E-state index contributed by atoms with van der Waals surface area (Å²) in [6.07, 6.45) is 0.509. The number of nitrogens with one attached hydrogen (secondary N) is 1. The van der Waals surface area contributed by atoms with Gasteiger partial charge in [0.15, 0.2) is 0 Å². The molecule has 0 unspecified atom stereocenters. The Morgan fingerprint density at radius 1 is 1.50 bits per heavy atom. The molecule has 12 heavy (non-hydrogen) atoms. The van der Waals surface area contributed by atoms with Gasteiger partial charge in [-0.25, -0.2) is 5.84 Å². The van der Waals surface area contributed by atoms with E-state index in [1.165, 1.54) is 0 Å². The van der Waals surface area contributed by atoms with Gasteiger partial charge in [-0.15, -0.1) is 0 Å². The number of amides is 1. The molecule has 0 heterocycles. The molecular weight excluding hydrogens is 174 g/mol. The molecule has 0 atom stereocenters. The summed E-state index contributed by atoms with van der Waals surface area (Å²) in [5, 5.41) is 0. The Kier molecular flexibility index (Phi) is 7.23. The second-order valence-electron chi connectivity index (χ2n) is 2.73. The van der Waals surface area contributed by atoms with Crippen molar-refractivity contribution in [1.29, 1.82) is 0 Å². The summed E-state index contributed by atoms with van der Waals surface area (Å²) in [5.74, 6) is 6.73. The van der Waals surface area contributed by atoms with E-state index in [4.69, 9.17) is 5.84 Å². The molecule has 0 aromatic heterocycles. The van der Waals surface area contributed by atoms with E-state index in [0.29, 0.717) is 6.42 Å². The van der Waals surface area contributed by atoms with Crippen LogP contribution < -0.4 is 11.3 Å². The summed E-state index contributed by atoms with van der Waals surface area (Å²) in [6.45, 7) is 1.05. The van der Waals surface area contributed by atoms with Gasteiger partial charge in [-0.1, -0.05) is 0 Å². The van der Waals surface area contributed by atoms with Gasteiger partial charge in [-0.2, -0.15) is 11.8 Å². The first-order valence-corrected chi connectivity index (χ1v) is 5.04. The van der Waals surface area contributed by atoms with Crippen molar-refractivity contribution in [2.24, 2.45) is 5.84 Å². The van der Waals surface area contributed by atoms with Crippen LogP contribution in [-0.4, -0.2) is 43.0 Å². The van der Waals surface area contributed by atoms with Crippen LogP contribution in [0.25, 0.3) is 0 Å². The average molecular weight is 191 g/mol. The summed E-state index contributed by atoms with van der Waals surface area (Å²) in [5.41, 5.74) is 2.10. The van der Waals surface area contributed by atoms with E-state index >= 15 is 0 Å². The van der Waals surface area contributed by atoms with Gasteiger partial charge in [0, 0.05) is 24.5 Å². The Labute approximate surface area is 77.8 Å². The van der Waals surface area contributed by atoms with Crippen LogP contribution in [0.3, 0.4) is 0 Å². The van der Waals surface area contributed by atoms with Crippen molar-refractivity contribution in [2.75, 3.05) is 32.1 Å². The monoisotopic (exact) mass is 191 g/mol. The zero-order valence-electron chi connectivity index (χ0n) is 7.67. The highest BCUT2D eigenvalue weighted by molar-refractivity contribution is 7.99. The molecule has 1 amide bonds. The second-order valence-corrected chi connectivity index (χ2v) is 3.96. The van der Waals surface area contributed by atoms with Crippen LogP contribution in [0, 0.1) is 0 Å². The van der Waals surface area contributed by atoms with Crippen molar-refractivity contribution < 1.29 is 4.79 Å². The van der Waals surface area contributed by atoms with E-state index in [2.05, 4.69) is 10.3 Å². The molecule has 4 nitrogen and oxygen atoms in total. The lowest BCUT2D eigenvalue weighted by atomic mass is 10.5. The van der Waals surface area contributed by atoms with E-state index in [1.54, 1.807) is 11.8 Å². The molecule has 0 radical (unpaired) electrons. The molecule has 5 heteroatoms. The van der Waals surface area contributed by atoms with E-state index in [0.717, 1.165) is 18.1 Å². The number of rotatable bonds is 6. The Balaban J connectivity index is 3.05. The van der Waals surface area contributed by atoms with Gasteiger partial charge in [0.25, 0.3) is 0 Å². The van der Waals surface area contributed by atoms with E-state index < -0.39 is 0 Å². The number of carbonyl (C=O) groups excluding carboxylic acids is 1. The number of hydrazine groups is 1. The molecule has 0 spiro atoms. The number of nitrogens with two attached hydrogens (primary N) is 1. The third kappa shape index (κ3) is 7.84. The van der Waals surface area contributed by atoms with Crippen molar-refractivity contribution in [3.05, 3.63) is 0 Å². The fourth-order valence-corrected chi connectivity index (χ4v) is 1.61. The molecule has 0 bridgehead atoms. The number of thioether (sulfide) groups is 1. The third-order valence-electron chi connectivity index (χ3n) is 1.32. The Hall–Kier alpha value is -0.260. The molecule has 3 N–H and O–H groups in total. The fraction of sp³-hybridized carbons (Fsp3) is 0.857. The van der Waals surface area contributed by atoms with Gasteiger partial charge in [-0.3, -0.25) is 10.2 Å². The minimum Gasteiger partial charge on any atom is -0.309 e. The van der Waals surface area contributed by atoms with Crippen molar-refractivity contribution in [3.8, 4) is 0 Å². The quantitative estimate of drug-likeness (QED) is 0.261. The smallest absolute Gasteiger partial charge is 0.234 e. The second kappa shape index (κ2) is 7.39. The van der Waals surface area contributed by atoms with Crippen LogP contribution in [0.4, 0.5) is 0 Å². The van der Waals surface area contributed by atoms with E-state index in [9.17, 15) is 4.79 Å². The van der Waals surface area contributed by atoms with Crippen molar-refractivity contribution in [1.82, 2.24) is 10.3 Å². The van der Waals surface area contributed by atoms with Gasteiger partial charge in [0.05, 0.1) is 0 Å². The summed E-state index contributed by atoms with van der Waals surface area (Å²) < 4.78 is 0. The van der Waals surface area contributed by atoms with Gasteiger partial charge in [0.1, 0.15) is 0 Å². The minimum atomic E-state index is -0.0904. The van der Waals surface area contributed by atoms with Crippen molar-refractivity contribution in [2.45, 2.75) is 6.42 Å². The van der Waals surface area contributed by atoms with Gasteiger partial charge < -0.3 is 4.90 Å². The molecule has 0 aliphatic carbocycles. The van der Waals surface area contributed by atoms with E-state index in [1.807, 2.05) is 14.1 Å². The Morgan fingerprint density at radius 2 is 2.17 bits per heavy atom. The maximum absolute atomic E-state index is 10.6. The number of carbonyl (C=O) groups is 1. The fourth-order valence-electron chi connectivity index (χ4n) is 0.586. The van der Waals surface area contributed by atoms with Gasteiger partial charge in [0.2, 0.25) is 5.91 Å². The first-order chi connectivity index (χ1) is 5.66. The summed E-state index contributed by atoms with van der Waals surface area (Å²) in [4.78, 5) is 12.8. The topological polar surface area (TPSA) is 58.4 Å². The average Bonchev–Trinajstić information content (AvgIpc) is 2.03. The molecule has 0 aromatic carbocycles. The molecule has 72 valence electrons.